The lowest BCUT2D eigenvalue weighted by atomic mass is 10.2. The molecule has 4 heteroatoms. The second-order valence-corrected chi connectivity index (χ2v) is 5.07. The summed E-state index contributed by atoms with van der Waals surface area (Å²) in [7, 11) is 0. The van der Waals surface area contributed by atoms with Gasteiger partial charge in [0.1, 0.15) is 0 Å². The number of nitrogens with zero attached hydrogens (tertiary/aromatic N) is 2. The van der Waals surface area contributed by atoms with Crippen LogP contribution in [0.1, 0.15) is 25.1 Å². The highest BCUT2D eigenvalue weighted by Gasteiger charge is 2.31. The van der Waals surface area contributed by atoms with E-state index in [1.54, 1.807) is 6.20 Å². The Morgan fingerprint density at radius 3 is 2.93 bits per heavy atom. The Bertz CT molecular complexity index is 355. The van der Waals surface area contributed by atoms with Crippen LogP contribution in [0.25, 0.3) is 0 Å². The van der Waals surface area contributed by atoms with Gasteiger partial charge in [0.25, 0.3) is 0 Å². The first-order valence-electron chi connectivity index (χ1n) is 5.03. The van der Waals surface area contributed by atoms with Crippen molar-refractivity contribution in [2.75, 3.05) is 6.54 Å². The molecule has 2 rings (SSSR count). The van der Waals surface area contributed by atoms with Crippen molar-refractivity contribution < 1.29 is 4.79 Å². The average molecular weight is 269 g/mol. The molecule has 1 saturated heterocycles. The number of halogens is 1. The van der Waals surface area contributed by atoms with Crippen molar-refractivity contribution in [1.29, 1.82) is 0 Å². The van der Waals surface area contributed by atoms with Crippen LogP contribution in [0.2, 0.25) is 0 Å². The molecule has 80 valence electrons. The van der Waals surface area contributed by atoms with E-state index in [1.165, 1.54) is 0 Å². The predicted molar refractivity (Wildman–Crippen MR) is 61.7 cm³/mol. The molecule has 2 atom stereocenters. The topological polar surface area (TPSA) is 33.2 Å². The van der Waals surface area contributed by atoms with E-state index in [0.717, 1.165) is 12.2 Å². The molecule has 0 saturated carbocycles. The molecule has 0 bridgehead atoms. The summed E-state index contributed by atoms with van der Waals surface area (Å²) in [6, 6.07) is 5.86. The molecule has 15 heavy (non-hydrogen) atoms. The summed E-state index contributed by atoms with van der Waals surface area (Å²) in [5.41, 5.74) is 0.951. The first kappa shape index (κ1) is 10.6. The lowest BCUT2D eigenvalue weighted by Crippen LogP contribution is -2.29. The maximum absolute atomic E-state index is 11.7. The third kappa shape index (κ3) is 2.20. The molecule has 3 nitrogen and oxygen atoms in total. The maximum Gasteiger partial charge on any atom is 0.224 e. The highest BCUT2D eigenvalue weighted by Crippen LogP contribution is 2.27. The quantitative estimate of drug-likeness (QED) is 0.771. The Balaban J connectivity index is 2.15. The molecule has 1 amide bonds. The number of carbonyl (C=O) groups excluding carboxylic acids is 1. The summed E-state index contributed by atoms with van der Waals surface area (Å²) in [5, 5.41) is 0. The third-order valence-corrected chi connectivity index (χ3v) is 3.31. The number of hydrogen-bond donors (Lipinski definition) is 0. The number of likely N-dealkylation sites (tertiary alicyclic amines) is 1. The summed E-state index contributed by atoms with van der Waals surface area (Å²) < 4.78 is 0. The average Bonchev–Trinajstić information content (AvgIpc) is 2.58. The molecule has 1 fully saturated rings. The Hall–Kier alpha value is -0.900. The molecule has 1 aromatic rings. The fraction of sp³-hybridized carbons (Fsp3) is 0.455. The van der Waals surface area contributed by atoms with E-state index in [9.17, 15) is 4.79 Å². The second-order valence-electron chi connectivity index (χ2n) is 3.78. The number of rotatable bonds is 2. The van der Waals surface area contributed by atoms with Gasteiger partial charge in [0.15, 0.2) is 0 Å². The molecule has 0 radical (unpaired) electrons. The van der Waals surface area contributed by atoms with Crippen LogP contribution >= 0.6 is 15.9 Å². The number of carbonyl (C=O) groups is 1. The van der Waals surface area contributed by atoms with Crippen LogP contribution in [0.15, 0.2) is 24.4 Å². The molecule has 1 aromatic heterocycles. The third-order valence-electron chi connectivity index (χ3n) is 2.69. The van der Waals surface area contributed by atoms with Crippen molar-refractivity contribution in [2.45, 2.75) is 24.2 Å². The SMILES string of the molecule is CC(c1ccccn1)N1CC(Br)CC1=O. The minimum absolute atomic E-state index is 0.0706. The fourth-order valence-electron chi connectivity index (χ4n) is 1.84. The summed E-state index contributed by atoms with van der Waals surface area (Å²) in [6.45, 7) is 2.79. The highest BCUT2D eigenvalue weighted by atomic mass is 79.9. The lowest BCUT2D eigenvalue weighted by molar-refractivity contribution is -0.129. The van der Waals surface area contributed by atoms with Crippen molar-refractivity contribution >= 4 is 21.8 Å². The van der Waals surface area contributed by atoms with Gasteiger partial charge in [-0.2, -0.15) is 0 Å². The van der Waals surface area contributed by atoms with E-state index < -0.39 is 0 Å². The Morgan fingerprint density at radius 2 is 2.40 bits per heavy atom. The molecule has 0 aromatic carbocycles. The molecule has 2 unspecified atom stereocenters. The Morgan fingerprint density at radius 1 is 1.60 bits per heavy atom. The van der Waals surface area contributed by atoms with Crippen LogP contribution < -0.4 is 0 Å². The van der Waals surface area contributed by atoms with Crippen molar-refractivity contribution in [1.82, 2.24) is 9.88 Å². The second kappa shape index (κ2) is 4.31. The summed E-state index contributed by atoms with van der Waals surface area (Å²) in [5.74, 6) is 0.204. The van der Waals surface area contributed by atoms with Gasteiger partial charge in [-0.05, 0) is 19.1 Å². The minimum atomic E-state index is 0.0706. The van der Waals surface area contributed by atoms with Gasteiger partial charge in [-0.25, -0.2) is 0 Å². The van der Waals surface area contributed by atoms with Crippen LogP contribution in [0, 0.1) is 0 Å². The van der Waals surface area contributed by atoms with Crippen LogP contribution in [-0.4, -0.2) is 27.2 Å². The molecule has 0 spiro atoms. The zero-order valence-electron chi connectivity index (χ0n) is 8.56. The first-order chi connectivity index (χ1) is 7.18. The van der Waals surface area contributed by atoms with Gasteiger partial charge in [0.2, 0.25) is 5.91 Å². The minimum Gasteiger partial charge on any atom is -0.333 e. The van der Waals surface area contributed by atoms with Crippen LogP contribution in [0.3, 0.4) is 0 Å². The number of pyridine rings is 1. The van der Waals surface area contributed by atoms with Crippen LogP contribution in [0.5, 0.6) is 0 Å². The molecule has 2 heterocycles. The van der Waals surface area contributed by atoms with Gasteiger partial charge in [-0.15, -0.1) is 0 Å². The van der Waals surface area contributed by atoms with Gasteiger partial charge in [-0.1, -0.05) is 22.0 Å². The van der Waals surface area contributed by atoms with Gasteiger partial charge >= 0.3 is 0 Å². The fourth-order valence-corrected chi connectivity index (χ4v) is 2.43. The number of hydrogen-bond acceptors (Lipinski definition) is 2. The summed E-state index contributed by atoms with van der Waals surface area (Å²) >= 11 is 3.48. The summed E-state index contributed by atoms with van der Waals surface area (Å²) in [6.07, 6.45) is 2.36. The number of amides is 1. The number of alkyl halides is 1. The lowest BCUT2D eigenvalue weighted by Gasteiger charge is -2.23. The molecular formula is C11H13BrN2O. The van der Waals surface area contributed by atoms with Crippen LogP contribution in [-0.2, 0) is 4.79 Å². The molecular weight excluding hydrogens is 256 g/mol. The van der Waals surface area contributed by atoms with E-state index in [0.29, 0.717) is 6.42 Å². The molecule has 1 aliphatic heterocycles. The normalized spacial score (nSPS) is 23.2. The largest absolute Gasteiger partial charge is 0.333 e. The van der Waals surface area contributed by atoms with Gasteiger partial charge in [0.05, 0.1) is 11.7 Å². The molecule has 0 aliphatic carbocycles. The van der Waals surface area contributed by atoms with E-state index in [1.807, 2.05) is 30.0 Å². The monoisotopic (exact) mass is 268 g/mol. The van der Waals surface area contributed by atoms with Gasteiger partial charge in [-0.3, -0.25) is 9.78 Å². The molecule has 1 aliphatic rings. The molecule has 0 N–H and O–H groups in total. The first-order valence-corrected chi connectivity index (χ1v) is 5.94. The number of aromatic nitrogens is 1. The van der Waals surface area contributed by atoms with E-state index in [-0.39, 0.29) is 16.8 Å². The van der Waals surface area contributed by atoms with Crippen molar-refractivity contribution in [3.63, 3.8) is 0 Å². The Labute approximate surface area is 97.6 Å². The highest BCUT2D eigenvalue weighted by molar-refractivity contribution is 9.09. The van der Waals surface area contributed by atoms with Crippen molar-refractivity contribution in [3.8, 4) is 0 Å². The van der Waals surface area contributed by atoms with Crippen LogP contribution in [0.4, 0.5) is 0 Å². The van der Waals surface area contributed by atoms with Gasteiger partial charge in [0, 0.05) is 24.0 Å². The predicted octanol–water partition coefficient (Wildman–Crippen LogP) is 2.14. The smallest absolute Gasteiger partial charge is 0.224 e. The zero-order valence-corrected chi connectivity index (χ0v) is 10.1. The zero-order chi connectivity index (χ0) is 10.8. The Kier molecular flexibility index (Phi) is 3.05. The van der Waals surface area contributed by atoms with E-state index in [4.69, 9.17) is 0 Å². The van der Waals surface area contributed by atoms with Crippen molar-refractivity contribution in [3.05, 3.63) is 30.1 Å². The van der Waals surface area contributed by atoms with E-state index >= 15 is 0 Å². The summed E-state index contributed by atoms with van der Waals surface area (Å²) in [4.78, 5) is 18.1. The van der Waals surface area contributed by atoms with Crippen molar-refractivity contribution in [2.24, 2.45) is 0 Å². The van der Waals surface area contributed by atoms with E-state index in [2.05, 4.69) is 20.9 Å². The standard InChI is InChI=1S/C11H13BrN2O/c1-8(10-4-2-3-5-13-10)14-7-9(12)6-11(14)15/h2-5,8-9H,6-7H2,1H3. The maximum atomic E-state index is 11.7. The van der Waals surface area contributed by atoms with Gasteiger partial charge < -0.3 is 4.90 Å².